The minimum absolute atomic E-state index is 0.0843. The van der Waals surface area contributed by atoms with Crippen LogP contribution in [0.1, 0.15) is 24.4 Å². The zero-order valence-electron chi connectivity index (χ0n) is 16.7. The molecule has 0 radical (unpaired) electrons. The summed E-state index contributed by atoms with van der Waals surface area (Å²) < 4.78 is 7.31. The van der Waals surface area contributed by atoms with Gasteiger partial charge in [0.05, 0.1) is 11.8 Å². The standard InChI is InChI=1S/C21H20ClN5O3S/c1-14(15-5-3-2-4-6-15)23-19(28)11-26-20(29)13-31-21-25-24-18(27(21)26)12-30-17-9-7-16(22)8-10-17/h2-10,14H,11-13H2,1H3,(H,23,28). The number of ether oxygens (including phenoxy) is 1. The Kier molecular flexibility index (Phi) is 6.43. The van der Waals surface area contributed by atoms with Crippen LogP contribution in [0.4, 0.5) is 0 Å². The van der Waals surface area contributed by atoms with Crippen molar-refractivity contribution in [1.82, 2.24) is 20.2 Å². The molecular formula is C21H20ClN5O3S. The van der Waals surface area contributed by atoms with Crippen LogP contribution in [-0.4, -0.2) is 39.0 Å². The van der Waals surface area contributed by atoms with Gasteiger partial charge in [-0.1, -0.05) is 53.7 Å². The van der Waals surface area contributed by atoms with E-state index in [1.165, 1.54) is 16.8 Å². The van der Waals surface area contributed by atoms with Crippen LogP contribution in [0.3, 0.4) is 0 Å². The predicted octanol–water partition coefficient (Wildman–Crippen LogP) is 2.96. The maximum absolute atomic E-state index is 12.7. The van der Waals surface area contributed by atoms with Crippen molar-refractivity contribution >= 4 is 35.2 Å². The first-order valence-corrected chi connectivity index (χ1v) is 11.0. The Morgan fingerprint density at radius 3 is 2.68 bits per heavy atom. The molecule has 1 aromatic heterocycles. The van der Waals surface area contributed by atoms with Crippen LogP contribution in [0.5, 0.6) is 5.75 Å². The Labute approximate surface area is 188 Å². The Balaban J connectivity index is 1.46. The largest absolute Gasteiger partial charge is 0.486 e. The molecule has 0 bridgehead atoms. The number of carbonyl (C=O) groups is 2. The molecule has 160 valence electrons. The van der Waals surface area contributed by atoms with Gasteiger partial charge in [0.2, 0.25) is 11.1 Å². The van der Waals surface area contributed by atoms with Crippen molar-refractivity contribution in [3.05, 3.63) is 71.0 Å². The fourth-order valence-electron chi connectivity index (χ4n) is 3.12. The number of benzene rings is 2. The van der Waals surface area contributed by atoms with Gasteiger partial charge in [-0.2, -0.15) is 0 Å². The summed E-state index contributed by atoms with van der Waals surface area (Å²) >= 11 is 7.17. The van der Waals surface area contributed by atoms with E-state index >= 15 is 0 Å². The first-order valence-electron chi connectivity index (χ1n) is 9.61. The molecule has 0 aliphatic carbocycles. The smallest absolute Gasteiger partial charge is 0.252 e. The predicted molar refractivity (Wildman–Crippen MR) is 118 cm³/mol. The summed E-state index contributed by atoms with van der Waals surface area (Å²) in [5.74, 6) is 0.748. The van der Waals surface area contributed by atoms with Crippen LogP contribution in [0, 0.1) is 0 Å². The molecule has 2 aromatic carbocycles. The lowest BCUT2D eigenvalue weighted by Crippen LogP contribution is -2.51. The maximum Gasteiger partial charge on any atom is 0.252 e. The van der Waals surface area contributed by atoms with Gasteiger partial charge in [0, 0.05) is 5.02 Å². The molecule has 0 saturated carbocycles. The van der Waals surface area contributed by atoms with Crippen molar-refractivity contribution in [3.8, 4) is 5.75 Å². The number of nitrogens with one attached hydrogen (secondary N) is 1. The molecule has 8 nitrogen and oxygen atoms in total. The van der Waals surface area contributed by atoms with Gasteiger partial charge in [-0.05, 0) is 36.8 Å². The highest BCUT2D eigenvalue weighted by molar-refractivity contribution is 7.99. The number of fused-ring (bicyclic) bond motifs is 1. The number of aromatic nitrogens is 3. The molecule has 0 fully saturated rings. The molecule has 1 atom stereocenters. The van der Waals surface area contributed by atoms with Crippen molar-refractivity contribution in [2.24, 2.45) is 0 Å². The second-order valence-corrected chi connectivity index (χ2v) is 8.27. The summed E-state index contributed by atoms with van der Waals surface area (Å²) in [6, 6.07) is 16.4. The first-order chi connectivity index (χ1) is 15.0. The van der Waals surface area contributed by atoms with Crippen LogP contribution >= 0.6 is 23.4 Å². The molecule has 2 heterocycles. The van der Waals surface area contributed by atoms with Crippen molar-refractivity contribution in [1.29, 1.82) is 0 Å². The van der Waals surface area contributed by atoms with Gasteiger partial charge in [0.25, 0.3) is 5.91 Å². The number of nitrogens with zero attached hydrogens (tertiary/aromatic N) is 4. The lowest BCUT2D eigenvalue weighted by molar-refractivity contribution is -0.124. The number of amides is 2. The number of rotatable bonds is 7. The van der Waals surface area contributed by atoms with E-state index in [1.54, 1.807) is 28.9 Å². The van der Waals surface area contributed by atoms with Crippen LogP contribution in [-0.2, 0) is 16.2 Å². The quantitative estimate of drug-likeness (QED) is 0.586. The minimum atomic E-state index is -0.277. The molecule has 10 heteroatoms. The molecular weight excluding hydrogens is 438 g/mol. The van der Waals surface area contributed by atoms with E-state index in [9.17, 15) is 9.59 Å². The Bertz CT molecular complexity index is 1070. The van der Waals surface area contributed by atoms with Crippen LogP contribution < -0.4 is 15.1 Å². The van der Waals surface area contributed by atoms with Crippen molar-refractivity contribution < 1.29 is 14.3 Å². The van der Waals surface area contributed by atoms with Crippen molar-refractivity contribution in [2.75, 3.05) is 17.3 Å². The van der Waals surface area contributed by atoms with Gasteiger partial charge < -0.3 is 10.1 Å². The Hall–Kier alpha value is -3.04. The van der Waals surface area contributed by atoms with Gasteiger partial charge in [0.1, 0.15) is 18.9 Å². The zero-order chi connectivity index (χ0) is 21.8. The number of halogens is 1. The molecule has 1 aliphatic rings. The van der Waals surface area contributed by atoms with Crippen LogP contribution in [0.15, 0.2) is 59.8 Å². The topological polar surface area (TPSA) is 89.3 Å². The van der Waals surface area contributed by atoms with E-state index in [1.807, 2.05) is 37.3 Å². The highest BCUT2D eigenvalue weighted by Crippen LogP contribution is 2.24. The van der Waals surface area contributed by atoms with Crippen LogP contribution in [0.2, 0.25) is 5.02 Å². The molecule has 0 spiro atoms. The molecule has 0 saturated heterocycles. The molecule has 3 aromatic rings. The van der Waals surface area contributed by atoms with E-state index in [-0.39, 0.29) is 36.8 Å². The second kappa shape index (κ2) is 9.40. The number of carbonyl (C=O) groups excluding carboxylic acids is 2. The molecule has 1 unspecified atom stereocenters. The van der Waals surface area contributed by atoms with Gasteiger partial charge in [-0.15, -0.1) is 10.2 Å². The molecule has 2 amide bonds. The molecule has 4 rings (SSSR count). The zero-order valence-corrected chi connectivity index (χ0v) is 18.3. The fraction of sp³-hybridized carbons (Fsp3) is 0.238. The van der Waals surface area contributed by atoms with E-state index in [4.69, 9.17) is 16.3 Å². The average Bonchev–Trinajstić information content (AvgIpc) is 3.19. The Morgan fingerprint density at radius 2 is 1.94 bits per heavy atom. The van der Waals surface area contributed by atoms with Crippen molar-refractivity contribution in [2.45, 2.75) is 24.7 Å². The van der Waals surface area contributed by atoms with Crippen LogP contribution in [0.25, 0.3) is 0 Å². The van der Waals surface area contributed by atoms with E-state index in [0.29, 0.717) is 21.8 Å². The third-order valence-electron chi connectivity index (χ3n) is 4.68. The maximum atomic E-state index is 12.7. The van der Waals surface area contributed by atoms with Gasteiger partial charge in [-0.3, -0.25) is 9.59 Å². The summed E-state index contributed by atoms with van der Waals surface area (Å²) in [6.45, 7) is 1.84. The lowest BCUT2D eigenvalue weighted by Gasteiger charge is -2.29. The van der Waals surface area contributed by atoms with Gasteiger partial charge in [-0.25, -0.2) is 9.69 Å². The minimum Gasteiger partial charge on any atom is -0.486 e. The Morgan fingerprint density at radius 1 is 1.19 bits per heavy atom. The van der Waals surface area contributed by atoms with E-state index in [2.05, 4.69) is 15.5 Å². The fourth-order valence-corrected chi connectivity index (χ4v) is 4.07. The number of hydrogen-bond acceptors (Lipinski definition) is 6. The number of thioether (sulfide) groups is 1. The summed E-state index contributed by atoms with van der Waals surface area (Å²) in [5.41, 5.74) is 0.985. The SMILES string of the molecule is CC(NC(=O)CN1C(=O)CSc2nnc(COc3ccc(Cl)cc3)n21)c1ccccc1. The highest BCUT2D eigenvalue weighted by Gasteiger charge is 2.31. The van der Waals surface area contributed by atoms with E-state index in [0.717, 1.165) is 5.56 Å². The second-order valence-electron chi connectivity index (χ2n) is 6.89. The van der Waals surface area contributed by atoms with Gasteiger partial charge in [0.15, 0.2) is 5.82 Å². The summed E-state index contributed by atoms with van der Waals surface area (Å²) in [7, 11) is 0. The molecule has 1 N–H and O–H groups in total. The normalized spacial score (nSPS) is 14.1. The third kappa shape index (κ3) is 5.00. The highest BCUT2D eigenvalue weighted by atomic mass is 35.5. The summed E-state index contributed by atoms with van der Waals surface area (Å²) in [5, 5.41) is 13.7. The van der Waals surface area contributed by atoms with E-state index < -0.39 is 0 Å². The molecule has 1 aliphatic heterocycles. The number of hydrogen-bond donors (Lipinski definition) is 1. The summed E-state index contributed by atoms with van der Waals surface area (Å²) in [4.78, 5) is 25.3. The third-order valence-corrected chi connectivity index (χ3v) is 5.84. The monoisotopic (exact) mass is 457 g/mol. The van der Waals surface area contributed by atoms with Gasteiger partial charge >= 0.3 is 0 Å². The molecule has 31 heavy (non-hydrogen) atoms. The van der Waals surface area contributed by atoms with Crippen molar-refractivity contribution in [3.63, 3.8) is 0 Å². The lowest BCUT2D eigenvalue weighted by atomic mass is 10.1. The summed E-state index contributed by atoms with van der Waals surface area (Å²) in [6.07, 6.45) is 0. The average molecular weight is 458 g/mol. The first kappa shape index (κ1) is 21.2.